The third-order valence-electron chi connectivity index (χ3n) is 9.40. The highest BCUT2D eigenvalue weighted by Gasteiger charge is 2.22. The number of ether oxygens (including phenoxy) is 1. The molecule has 2 aliphatic rings. The van der Waals surface area contributed by atoms with Gasteiger partial charge in [-0.25, -0.2) is 4.98 Å². The van der Waals surface area contributed by atoms with Gasteiger partial charge in [0.2, 0.25) is 11.8 Å². The van der Waals surface area contributed by atoms with E-state index in [1.165, 1.54) is 4.40 Å². The van der Waals surface area contributed by atoms with Crippen LogP contribution in [0.4, 0.5) is 0 Å². The Labute approximate surface area is 304 Å². The van der Waals surface area contributed by atoms with Crippen LogP contribution in [0.25, 0.3) is 39.0 Å². The van der Waals surface area contributed by atoms with Gasteiger partial charge in [0.1, 0.15) is 11.4 Å². The van der Waals surface area contributed by atoms with E-state index in [1.54, 1.807) is 25.7 Å². The highest BCUT2D eigenvalue weighted by atomic mass is 35.5. The molecule has 0 bridgehead atoms. The lowest BCUT2D eigenvalue weighted by atomic mass is 9.96. The van der Waals surface area contributed by atoms with Crippen molar-refractivity contribution in [3.63, 3.8) is 0 Å². The van der Waals surface area contributed by atoms with Gasteiger partial charge in [-0.3, -0.25) is 23.8 Å². The van der Waals surface area contributed by atoms with Gasteiger partial charge < -0.3 is 26.0 Å². The zero-order valence-electron chi connectivity index (χ0n) is 28.0. The summed E-state index contributed by atoms with van der Waals surface area (Å²) in [5, 5.41) is 13.5. The molecule has 0 radical (unpaired) electrons. The monoisotopic (exact) mass is 725 g/mol. The molecular weight excluding hydrogens is 689 g/mol. The van der Waals surface area contributed by atoms with Crippen LogP contribution in [0.15, 0.2) is 78.0 Å². The molecule has 0 spiro atoms. The minimum absolute atomic E-state index is 0.0609. The van der Waals surface area contributed by atoms with Crippen molar-refractivity contribution in [3.05, 3.63) is 105 Å². The fraction of sp³-hybridized carbons (Fsp3) is 0.289. The lowest BCUT2D eigenvalue weighted by Gasteiger charge is -2.16. The molecule has 51 heavy (non-hydrogen) atoms. The number of nitrogens with one attached hydrogen (secondary N) is 4. The van der Waals surface area contributed by atoms with Crippen LogP contribution < -0.4 is 31.6 Å². The van der Waals surface area contributed by atoms with E-state index in [0.717, 1.165) is 51.9 Å². The SMILES string of the molecule is COc1cc(-c2cccc(-c3cccc(-c4ccn5c(=O)c(CNC[C@@H]6CCC(=O)N6)cnc5c4)c3Cl)c2Cl)cnc1CNC[C@@H]1CCC(=O)N1. The average molecular weight is 727 g/mol. The normalized spacial score (nSPS) is 17.2. The van der Waals surface area contributed by atoms with E-state index >= 15 is 0 Å². The Balaban J connectivity index is 1.10. The summed E-state index contributed by atoms with van der Waals surface area (Å²) in [6, 6.07) is 17.4. The Kier molecular flexibility index (Phi) is 10.3. The van der Waals surface area contributed by atoms with Crippen LogP contribution in [-0.2, 0) is 22.7 Å². The van der Waals surface area contributed by atoms with Gasteiger partial charge in [0.05, 0.1) is 22.8 Å². The number of carbonyl (C=O) groups excluding carboxylic acids is 2. The number of aromatic nitrogens is 3. The number of pyridine rings is 2. The zero-order chi connectivity index (χ0) is 35.5. The highest BCUT2D eigenvalue weighted by molar-refractivity contribution is 6.39. The van der Waals surface area contributed by atoms with Gasteiger partial charge in [0.15, 0.2) is 0 Å². The molecule has 2 amide bonds. The fourth-order valence-electron chi connectivity index (χ4n) is 6.66. The van der Waals surface area contributed by atoms with E-state index in [4.69, 9.17) is 27.9 Å². The third kappa shape index (κ3) is 7.48. The quantitative estimate of drug-likeness (QED) is 0.139. The molecule has 2 aliphatic heterocycles. The number of nitrogens with zero attached hydrogens (tertiary/aromatic N) is 3. The van der Waals surface area contributed by atoms with Crippen LogP contribution in [0.3, 0.4) is 0 Å². The van der Waals surface area contributed by atoms with Gasteiger partial charge in [-0.15, -0.1) is 0 Å². The van der Waals surface area contributed by atoms with E-state index in [0.29, 0.717) is 66.0 Å². The molecule has 11 nitrogen and oxygen atoms in total. The minimum atomic E-state index is -0.160. The molecule has 0 aliphatic carbocycles. The number of hydrogen-bond acceptors (Lipinski definition) is 8. The van der Waals surface area contributed by atoms with E-state index in [9.17, 15) is 14.4 Å². The molecular formula is C38H37Cl2N7O4. The van der Waals surface area contributed by atoms with Crippen LogP contribution >= 0.6 is 23.2 Å². The predicted molar refractivity (Wildman–Crippen MR) is 198 cm³/mol. The molecule has 2 saturated heterocycles. The van der Waals surface area contributed by atoms with Crippen LogP contribution in [0, 0.1) is 0 Å². The van der Waals surface area contributed by atoms with E-state index in [-0.39, 0.29) is 29.5 Å². The second kappa shape index (κ2) is 15.2. The Morgan fingerprint density at radius 2 is 1.39 bits per heavy atom. The van der Waals surface area contributed by atoms with Gasteiger partial charge >= 0.3 is 0 Å². The van der Waals surface area contributed by atoms with Gasteiger partial charge in [-0.2, -0.15) is 0 Å². The third-order valence-corrected chi connectivity index (χ3v) is 10.2. The van der Waals surface area contributed by atoms with Gasteiger partial charge in [-0.05, 0) is 36.6 Å². The fourth-order valence-corrected chi connectivity index (χ4v) is 7.34. The lowest BCUT2D eigenvalue weighted by molar-refractivity contribution is -0.120. The Morgan fingerprint density at radius 3 is 2.00 bits per heavy atom. The highest BCUT2D eigenvalue weighted by Crippen LogP contribution is 2.42. The standard InChI is InChI=1S/C38H37Cl2N7O4/c1-51-32-14-23(17-43-31(32)21-42-20-26-9-11-35(49)46-26)28-5-3-7-30(37(28)40)29-6-2-4-27(36(29)39)22-12-13-47-33(15-22)44-18-24(38(47)50)16-41-19-25-8-10-34(48)45-25/h2-7,12-15,17-18,25-26,41-42H,8-11,16,19-21H2,1H3,(H,45,48)(H,46,49)/t25-,26-/m0/s1. The van der Waals surface area contributed by atoms with Crippen LogP contribution in [0.1, 0.15) is 36.9 Å². The van der Waals surface area contributed by atoms with Crippen molar-refractivity contribution in [2.75, 3.05) is 20.2 Å². The number of benzene rings is 2. The number of hydrogen-bond donors (Lipinski definition) is 4. The van der Waals surface area contributed by atoms with Crippen LogP contribution in [0.5, 0.6) is 5.75 Å². The summed E-state index contributed by atoms with van der Waals surface area (Å²) < 4.78 is 7.21. The molecule has 5 aromatic rings. The number of fused-ring (bicyclic) bond motifs is 1. The Morgan fingerprint density at radius 1 is 0.784 bits per heavy atom. The second-order valence-electron chi connectivity index (χ2n) is 12.8. The maximum absolute atomic E-state index is 13.3. The summed E-state index contributed by atoms with van der Waals surface area (Å²) in [5.74, 6) is 0.778. The summed E-state index contributed by atoms with van der Waals surface area (Å²) in [5.41, 5.74) is 6.29. The molecule has 13 heteroatoms. The van der Waals surface area contributed by atoms with Crippen molar-refractivity contribution in [1.82, 2.24) is 35.6 Å². The summed E-state index contributed by atoms with van der Waals surface area (Å²) in [6.45, 7) is 2.09. The molecule has 3 aromatic heterocycles. The minimum Gasteiger partial charge on any atom is -0.495 e. The summed E-state index contributed by atoms with van der Waals surface area (Å²) in [6.07, 6.45) is 7.79. The molecule has 7 rings (SSSR count). The van der Waals surface area contributed by atoms with Crippen molar-refractivity contribution in [2.24, 2.45) is 0 Å². The molecule has 4 N–H and O–H groups in total. The number of methoxy groups -OCH3 is 1. The van der Waals surface area contributed by atoms with Crippen molar-refractivity contribution in [2.45, 2.75) is 50.9 Å². The molecule has 2 atom stereocenters. The number of rotatable bonds is 12. The summed E-state index contributed by atoms with van der Waals surface area (Å²) >= 11 is 14.2. The number of halogens is 2. The maximum atomic E-state index is 13.3. The van der Waals surface area contributed by atoms with Gasteiger partial charge in [0.25, 0.3) is 5.56 Å². The molecule has 2 aromatic carbocycles. The molecule has 0 saturated carbocycles. The van der Waals surface area contributed by atoms with E-state index in [1.807, 2.05) is 54.6 Å². The van der Waals surface area contributed by atoms with Crippen molar-refractivity contribution in [1.29, 1.82) is 0 Å². The first-order valence-corrected chi connectivity index (χ1v) is 17.7. The first-order chi connectivity index (χ1) is 24.8. The van der Waals surface area contributed by atoms with E-state index < -0.39 is 0 Å². The van der Waals surface area contributed by atoms with Crippen LogP contribution in [-0.4, -0.2) is 58.5 Å². The van der Waals surface area contributed by atoms with Crippen LogP contribution in [0.2, 0.25) is 10.0 Å². The molecule has 5 heterocycles. The number of carbonyl (C=O) groups is 2. The molecule has 262 valence electrons. The molecule has 2 fully saturated rings. The summed E-state index contributed by atoms with van der Waals surface area (Å²) in [4.78, 5) is 45.5. The smallest absolute Gasteiger partial charge is 0.262 e. The first-order valence-electron chi connectivity index (χ1n) is 16.9. The largest absolute Gasteiger partial charge is 0.495 e. The van der Waals surface area contributed by atoms with Crippen molar-refractivity contribution < 1.29 is 14.3 Å². The number of amides is 2. The maximum Gasteiger partial charge on any atom is 0.262 e. The lowest BCUT2D eigenvalue weighted by Crippen LogP contribution is -2.36. The molecule has 0 unspecified atom stereocenters. The second-order valence-corrected chi connectivity index (χ2v) is 13.6. The Hall–Kier alpha value is -4.81. The predicted octanol–water partition coefficient (Wildman–Crippen LogP) is 5.14. The van der Waals surface area contributed by atoms with E-state index in [2.05, 4.69) is 31.2 Å². The average Bonchev–Trinajstić information content (AvgIpc) is 3.76. The first kappa shape index (κ1) is 34.6. The van der Waals surface area contributed by atoms with Crippen molar-refractivity contribution in [3.8, 4) is 39.1 Å². The summed E-state index contributed by atoms with van der Waals surface area (Å²) in [7, 11) is 1.61. The van der Waals surface area contributed by atoms with Gasteiger partial charge in [0, 0.05) is 103 Å². The Bertz CT molecular complexity index is 2190. The van der Waals surface area contributed by atoms with Gasteiger partial charge in [-0.1, -0.05) is 59.6 Å². The van der Waals surface area contributed by atoms with Crippen molar-refractivity contribution >= 4 is 40.7 Å². The topological polar surface area (TPSA) is 139 Å². The zero-order valence-corrected chi connectivity index (χ0v) is 29.5.